The molecule has 80 valence electrons. The first-order valence-corrected chi connectivity index (χ1v) is 4.73. The van der Waals surface area contributed by atoms with Crippen molar-refractivity contribution in [1.29, 1.82) is 0 Å². The lowest BCUT2D eigenvalue weighted by molar-refractivity contribution is -0.136. The summed E-state index contributed by atoms with van der Waals surface area (Å²) in [6.07, 6.45) is -1.64. The van der Waals surface area contributed by atoms with Gasteiger partial charge in [0.25, 0.3) is 0 Å². The standard InChI is InChI=1S/C9H18F3N/c1-3-4-5-8(13-2)6-7-9(10,11)12/h8,13H,3-7H2,1-2H3. The van der Waals surface area contributed by atoms with E-state index in [1.54, 1.807) is 7.05 Å². The highest BCUT2D eigenvalue weighted by Gasteiger charge is 2.27. The smallest absolute Gasteiger partial charge is 0.317 e. The van der Waals surface area contributed by atoms with Crippen LogP contribution in [0.2, 0.25) is 0 Å². The van der Waals surface area contributed by atoms with Crippen LogP contribution < -0.4 is 5.32 Å². The summed E-state index contributed by atoms with van der Waals surface area (Å²) in [6.45, 7) is 2.04. The molecule has 0 aromatic heterocycles. The molecule has 0 bridgehead atoms. The second-order valence-electron chi connectivity index (χ2n) is 3.28. The molecule has 4 heteroatoms. The molecule has 0 fully saturated rings. The lowest BCUT2D eigenvalue weighted by atomic mass is 10.1. The van der Waals surface area contributed by atoms with E-state index in [-0.39, 0.29) is 12.5 Å². The summed E-state index contributed by atoms with van der Waals surface area (Å²) < 4.78 is 35.5. The Balaban J connectivity index is 3.59. The maximum atomic E-state index is 11.8. The van der Waals surface area contributed by atoms with Crippen molar-refractivity contribution in [3.05, 3.63) is 0 Å². The van der Waals surface area contributed by atoms with Gasteiger partial charge >= 0.3 is 6.18 Å². The van der Waals surface area contributed by atoms with E-state index in [0.717, 1.165) is 19.3 Å². The average Bonchev–Trinajstić information content (AvgIpc) is 2.03. The van der Waals surface area contributed by atoms with Gasteiger partial charge in [0.2, 0.25) is 0 Å². The molecule has 0 aromatic rings. The van der Waals surface area contributed by atoms with E-state index in [9.17, 15) is 13.2 Å². The SMILES string of the molecule is CCCCC(CCC(F)(F)F)NC. The molecule has 0 rings (SSSR count). The van der Waals surface area contributed by atoms with Crippen LogP contribution in [0.4, 0.5) is 13.2 Å². The van der Waals surface area contributed by atoms with Gasteiger partial charge in [-0.05, 0) is 19.9 Å². The van der Waals surface area contributed by atoms with Gasteiger partial charge in [0, 0.05) is 12.5 Å². The van der Waals surface area contributed by atoms with Crippen LogP contribution in [0.1, 0.15) is 39.0 Å². The van der Waals surface area contributed by atoms with Gasteiger partial charge in [-0.3, -0.25) is 0 Å². The van der Waals surface area contributed by atoms with Crippen molar-refractivity contribution in [3.8, 4) is 0 Å². The number of alkyl halides is 3. The first kappa shape index (κ1) is 12.8. The summed E-state index contributed by atoms with van der Waals surface area (Å²) in [5.74, 6) is 0. The van der Waals surface area contributed by atoms with E-state index in [0.29, 0.717) is 0 Å². The fourth-order valence-electron chi connectivity index (χ4n) is 1.22. The molecular formula is C9H18F3N. The van der Waals surface area contributed by atoms with E-state index < -0.39 is 12.6 Å². The van der Waals surface area contributed by atoms with Crippen molar-refractivity contribution in [2.45, 2.75) is 51.2 Å². The normalized spacial score (nSPS) is 14.5. The number of hydrogen-bond donors (Lipinski definition) is 1. The van der Waals surface area contributed by atoms with Crippen LogP contribution in [-0.4, -0.2) is 19.3 Å². The Labute approximate surface area is 77.7 Å². The van der Waals surface area contributed by atoms with E-state index >= 15 is 0 Å². The molecule has 1 atom stereocenters. The number of halogens is 3. The van der Waals surface area contributed by atoms with Gasteiger partial charge in [-0.1, -0.05) is 19.8 Å². The summed E-state index contributed by atoms with van der Waals surface area (Å²) in [5.41, 5.74) is 0. The molecule has 0 heterocycles. The summed E-state index contributed by atoms with van der Waals surface area (Å²) in [5, 5.41) is 2.91. The van der Waals surface area contributed by atoms with Crippen LogP contribution in [0.25, 0.3) is 0 Å². The van der Waals surface area contributed by atoms with Gasteiger partial charge in [0.1, 0.15) is 0 Å². The van der Waals surface area contributed by atoms with Gasteiger partial charge in [-0.15, -0.1) is 0 Å². The van der Waals surface area contributed by atoms with Crippen molar-refractivity contribution >= 4 is 0 Å². The topological polar surface area (TPSA) is 12.0 Å². The molecule has 0 saturated carbocycles. The van der Waals surface area contributed by atoms with Crippen LogP contribution in [-0.2, 0) is 0 Å². The largest absolute Gasteiger partial charge is 0.389 e. The lowest BCUT2D eigenvalue weighted by Crippen LogP contribution is -2.27. The van der Waals surface area contributed by atoms with Crippen molar-refractivity contribution in [3.63, 3.8) is 0 Å². The van der Waals surface area contributed by atoms with E-state index in [1.807, 2.05) is 6.92 Å². The van der Waals surface area contributed by atoms with E-state index in [2.05, 4.69) is 5.32 Å². The molecular weight excluding hydrogens is 179 g/mol. The minimum atomic E-state index is -4.01. The van der Waals surface area contributed by atoms with Crippen LogP contribution >= 0.6 is 0 Å². The summed E-state index contributed by atoms with van der Waals surface area (Å²) in [7, 11) is 1.72. The predicted octanol–water partition coefficient (Wildman–Crippen LogP) is 3.11. The Hall–Kier alpha value is -0.250. The molecule has 13 heavy (non-hydrogen) atoms. The van der Waals surface area contributed by atoms with E-state index in [4.69, 9.17) is 0 Å². The summed E-state index contributed by atoms with van der Waals surface area (Å²) in [6, 6.07) is 0.0153. The number of hydrogen-bond acceptors (Lipinski definition) is 1. The maximum Gasteiger partial charge on any atom is 0.389 e. The second-order valence-corrected chi connectivity index (χ2v) is 3.28. The molecule has 0 aliphatic rings. The first-order chi connectivity index (χ1) is 5.99. The molecule has 0 spiro atoms. The van der Waals surface area contributed by atoms with E-state index in [1.165, 1.54) is 0 Å². The minimum Gasteiger partial charge on any atom is -0.317 e. The number of nitrogens with one attached hydrogen (secondary N) is 1. The monoisotopic (exact) mass is 197 g/mol. The highest BCUT2D eigenvalue weighted by molar-refractivity contribution is 4.66. The zero-order valence-electron chi connectivity index (χ0n) is 8.25. The fourth-order valence-corrected chi connectivity index (χ4v) is 1.22. The van der Waals surface area contributed by atoms with Crippen molar-refractivity contribution < 1.29 is 13.2 Å². The quantitative estimate of drug-likeness (QED) is 0.690. The molecule has 1 N–H and O–H groups in total. The Morgan fingerprint density at radius 3 is 2.23 bits per heavy atom. The molecule has 0 aliphatic carbocycles. The molecule has 0 aliphatic heterocycles. The van der Waals surface area contributed by atoms with Gasteiger partial charge in [0.05, 0.1) is 0 Å². The van der Waals surface area contributed by atoms with Crippen molar-refractivity contribution in [2.75, 3.05) is 7.05 Å². The molecule has 0 radical (unpaired) electrons. The third-order valence-electron chi connectivity index (χ3n) is 2.09. The van der Waals surface area contributed by atoms with Crippen molar-refractivity contribution in [1.82, 2.24) is 5.32 Å². The Morgan fingerprint density at radius 2 is 1.85 bits per heavy atom. The Bertz CT molecular complexity index is 123. The molecule has 0 saturated heterocycles. The second kappa shape index (κ2) is 6.24. The zero-order chi connectivity index (χ0) is 10.3. The van der Waals surface area contributed by atoms with Gasteiger partial charge in [-0.25, -0.2) is 0 Å². The van der Waals surface area contributed by atoms with Gasteiger partial charge < -0.3 is 5.32 Å². The highest BCUT2D eigenvalue weighted by atomic mass is 19.4. The molecule has 0 amide bonds. The summed E-state index contributed by atoms with van der Waals surface area (Å²) >= 11 is 0. The van der Waals surface area contributed by atoms with Gasteiger partial charge in [0.15, 0.2) is 0 Å². The maximum absolute atomic E-state index is 11.8. The average molecular weight is 197 g/mol. The van der Waals surface area contributed by atoms with Gasteiger partial charge in [-0.2, -0.15) is 13.2 Å². The number of rotatable bonds is 6. The molecule has 0 aromatic carbocycles. The van der Waals surface area contributed by atoms with Crippen LogP contribution in [0, 0.1) is 0 Å². The van der Waals surface area contributed by atoms with Crippen LogP contribution in [0.3, 0.4) is 0 Å². The fraction of sp³-hybridized carbons (Fsp3) is 1.00. The third kappa shape index (κ3) is 8.09. The molecule has 1 unspecified atom stereocenters. The van der Waals surface area contributed by atoms with Crippen LogP contribution in [0.15, 0.2) is 0 Å². The van der Waals surface area contributed by atoms with Crippen molar-refractivity contribution in [2.24, 2.45) is 0 Å². The van der Waals surface area contributed by atoms with Crippen LogP contribution in [0.5, 0.6) is 0 Å². The Kier molecular flexibility index (Phi) is 6.12. The third-order valence-corrected chi connectivity index (χ3v) is 2.09. The minimum absolute atomic E-state index is 0.0153. The number of unbranched alkanes of at least 4 members (excludes halogenated alkanes) is 1. The molecule has 1 nitrogen and oxygen atoms in total. The first-order valence-electron chi connectivity index (χ1n) is 4.73. The predicted molar refractivity (Wildman–Crippen MR) is 47.7 cm³/mol. The Morgan fingerprint density at radius 1 is 1.23 bits per heavy atom. The summed E-state index contributed by atoms with van der Waals surface area (Å²) in [4.78, 5) is 0. The zero-order valence-corrected chi connectivity index (χ0v) is 8.25. The highest BCUT2D eigenvalue weighted by Crippen LogP contribution is 2.23. The lowest BCUT2D eigenvalue weighted by Gasteiger charge is -2.16.